The summed E-state index contributed by atoms with van der Waals surface area (Å²) >= 11 is 0. The van der Waals surface area contributed by atoms with Crippen LogP contribution in [-0.4, -0.2) is 4.92 Å². The molecule has 0 aliphatic heterocycles. The molecule has 0 aliphatic rings. The predicted octanol–water partition coefficient (Wildman–Crippen LogP) is 4.47. The monoisotopic (exact) mass is 326 g/mol. The SMILES string of the molecule is N#Cc1cc(Oc2c([N+](=O)[O-])ccc(F)c2F)ccc1C(F)F. The molecular weight excluding hydrogens is 320 g/mol. The zero-order valence-corrected chi connectivity index (χ0v) is 11.1. The smallest absolute Gasteiger partial charge is 0.314 e. The first-order valence-corrected chi connectivity index (χ1v) is 5.97. The Morgan fingerprint density at radius 3 is 2.48 bits per heavy atom. The van der Waals surface area contributed by atoms with Crippen molar-refractivity contribution in [3.05, 3.63) is 63.2 Å². The van der Waals surface area contributed by atoms with Gasteiger partial charge in [-0.3, -0.25) is 10.1 Å². The molecule has 0 unspecified atom stereocenters. The highest BCUT2D eigenvalue weighted by Crippen LogP contribution is 2.36. The van der Waals surface area contributed by atoms with E-state index in [1.165, 1.54) is 6.07 Å². The van der Waals surface area contributed by atoms with Gasteiger partial charge in [0, 0.05) is 11.6 Å². The van der Waals surface area contributed by atoms with E-state index in [4.69, 9.17) is 10.00 Å². The van der Waals surface area contributed by atoms with Gasteiger partial charge in [0.25, 0.3) is 6.43 Å². The minimum absolute atomic E-state index is 0.321. The van der Waals surface area contributed by atoms with Crippen LogP contribution in [0.4, 0.5) is 23.2 Å². The summed E-state index contributed by atoms with van der Waals surface area (Å²) in [5, 5.41) is 19.6. The number of hydrogen-bond acceptors (Lipinski definition) is 4. The van der Waals surface area contributed by atoms with Gasteiger partial charge in [-0.2, -0.15) is 9.65 Å². The van der Waals surface area contributed by atoms with Crippen LogP contribution in [0.25, 0.3) is 0 Å². The third-order valence-corrected chi connectivity index (χ3v) is 2.83. The number of nitro groups is 1. The maximum Gasteiger partial charge on any atom is 0.314 e. The molecule has 0 radical (unpaired) electrons. The molecule has 0 aromatic heterocycles. The fourth-order valence-corrected chi connectivity index (χ4v) is 1.77. The Bertz CT molecular complexity index is 818. The Kier molecular flexibility index (Phi) is 4.45. The molecule has 0 heterocycles. The van der Waals surface area contributed by atoms with E-state index >= 15 is 0 Å². The summed E-state index contributed by atoms with van der Waals surface area (Å²) in [5.74, 6) is -4.31. The van der Waals surface area contributed by atoms with E-state index < -0.39 is 45.5 Å². The first kappa shape index (κ1) is 16.2. The molecule has 0 atom stereocenters. The van der Waals surface area contributed by atoms with Gasteiger partial charge in [-0.1, -0.05) is 0 Å². The summed E-state index contributed by atoms with van der Waals surface area (Å²) < 4.78 is 57.2. The molecule has 0 bridgehead atoms. The van der Waals surface area contributed by atoms with Gasteiger partial charge >= 0.3 is 5.69 Å². The fourth-order valence-electron chi connectivity index (χ4n) is 1.77. The second kappa shape index (κ2) is 6.31. The van der Waals surface area contributed by atoms with Gasteiger partial charge in [-0.15, -0.1) is 0 Å². The van der Waals surface area contributed by atoms with Crippen molar-refractivity contribution in [2.45, 2.75) is 6.43 Å². The zero-order valence-electron chi connectivity index (χ0n) is 11.1. The zero-order chi connectivity index (χ0) is 17.1. The maximum absolute atomic E-state index is 13.7. The van der Waals surface area contributed by atoms with Gasteiger partial charge in [0.2, 0.25) is 11.6 Å². The van der Waals surface area contributed by atoms with Gasteiger partial charge in [0.05, 0.1) is 16.6 Å². The Labute approximate surface area is 126 Å². The van der Waals surface area contributed by atoms with Crippen molar-refractivity contribution in [3.63, 3.8) is 0 Å². The summed E-state index contributed by atoms with van der Waals surface area (Å²) in [6.45, 7) is 0. The first-order chi connectivity index (χ1) is 10.8. The van der Waals surface area contributed by atoms with Crippen LogP contribution in [0.2, 0.25) is 0 Å². The predicted molar refractivity (Wildman–Crippen MR) is 69.2 cm³/mol. The Hall–Kier alpha value is -3.15. The molecule has 0 aliphatic carbocycles. The van der Waals surface area contributed by atoms with Crippen LogP contribution in [0.15, 0.2) is 30.3 Å². The highest BCUT2D eigenvalue weighted by molar-refractivity contribution is 5.51. The van der Waals surface area contributed by atoms with Crippen molar-refractivity contribution in [3.8, 4) is 17.6 Å². The van der Waals surface area contributed by atoms with E-state index in [9.17, 15) is 27.7 Å². The topological polar surface area (TPSA) is 76.2 Å². The molecule has 23 heavy (non-hydrogen) atoms. The number of halogens is 4. The minimum atomic E-state index is -2.92. The lowest BCUT2D eigenvalue weighted by Gasteiger charge is -2.09. The molecule has 2 aromatic rings. The largest absolute Gasteiger partial charge is 0.447 e. The summed E-state index contributed by atoms with van der Waals surface area (Å²) in [6.07, 6.45) is -2.92. The Morgan fingerprint density at radius 1 is 1.22 bits per heavy atom. The molecule has 0 amide bonds. The third kappa shape index (κ3) is 3.21. The number of nitriles is 1. The van der Waals surface area contributed by atoms with Gasteiger partial charge in [0.15, 0.2) is 5.82 Å². The molecule has 0 N–H and O–H groups in total. The van der Waals surface area contributed by atoms with Crippen molar-refractivity contribution in [2.75, 3.05) is 0 Å². The fraction of sp³-hybridized carbons (Fsp3) is 0.0714. The lowest BCUT2D eigenvalue weighted by molar-refractivity contribution is -0.385. The second-order valence-corrected chi connectivity index (χ2v) is 4.23. The number of nitro benzene ring substituents is 1. The van der Waals surface area contributed by atoms with E-state index in [1.54, 1.807) is 0 Å². The van der Waals surface area contributed by atoms with Crippen molar-refractivity contribution in [2.24, 2.45) is 0 Å². The van der Waals surface area contributed by atoms with Gasteiger partial charge in [0.1, 0.15) is 5.75 Å². The van der Waals surface area contributed by atoms with Crippen LogP contribution in [0, 0.1) is 33.1 Å². The quantitative estimate of drug-likeness (QED) is 0.472. The summed E-state index contributed by atoms with van der Waals surface area (Å²) in [6, 6.07) is 5.45. The van der Waals surface area contributed by atoms with Gasteiger partial charge in [-0.05, 0) is 24.3 Å². The molecule has 0 saturated carbocycles. The minimum Gasteiger partial charge on any atom is -0.447 e. The molecule has 2 rings (SSSR count). The van der Waals surface area contributed by atoms with E-state index in [1.807, 2.05) is 0 Å². The van der Waals surface area contributed by atoms with E-state index in [0.717, 1.165) is 18.2 Å². The molecule has 2 aromatic carbocycles. The van der Waals surface area contributed by atoms with Crippen molar-refractivity contribution in [1.82, 2.24) is 0 Å². The molecule has 118 valence electrons. The van der Waals surface area contributed by atoms with Crippen molar-refractivity contribution >= 4 is 5.69 Å². The van der Waals surface area contributed by atoms with Crippen LogP contribution >= 0.6 is 0 Å². The number of alkyl halides is 2. The lowest BCUT2D eigenvalue weighted by atomic mass is 10.1. The number of hydrogen-bond donors (Lipinski definition) is 0. The third-order valence-electron chi connectivity index (χ3n) is 2.83. The van der Waals surface area contributed by atoms with Crippen molar-refractivity contribution < 1.29 is 27.2 Å². The molecule has 9 heteroatoms. The van der Waals surface area contributed by atoms with Crippen LogP contribution in [-0.2, 0) is 0 Å². The van der Waals surface area contributed by atoms with Crippen LogP contribution < -0.4 is 4.74 Å². The van der Waals surface area contributed by atoms with Gasteiger partial charge < -0.3 is 4.74 Å². The summed E-state index contributed by atoms with van der Waals surface area (Å²) in [7, 11) is 0. The van der Waals surface area contributed by atoms with Gasteiger partial charge in [-0.25, -0.2) is 13.2 Å². The summed E-state index contributed by atoms with van der Waals surface area (Å²) in [5.41, 5.74) is -1.87. The Morgan fingerprint density at radius 2 is 1.91 bits per heavy atom. The van der Waals surface area contributed by atoms with Crippen LogP contribution in [0.5, 0.6) is 11.5 Å². The standard InChI is InChI=1S/C14H6F4N2O3/c15-10-3-4-11(20(21)22)13(12(10)16)23-8-1-2-9(14(17)18)7(5-8)6-19/h1-5,14H. The molecular formula is C14H6F4N2O3. The maximum atomic E-state index is 13.7. The Balaban J connectivity index is 2.50. The van der Waals surface area contributed by atoms with E-state index in [0.29, 0.717) is 12.1 Å². The number of rotatable bonds is 4. The molecule has 0 fully saturated rings. The number of ether oxygens (including phenoxy) is 1. The number of nitrogens with zero attached hydrogens (tertiary/aromatic N) is 2. The summed E-state index contributed by atoms with van der Waals surface area (Å²) in [4.78, 5) is 9.84. The van der Waals surface area contributed by atoms with Crippen LogP contribution in [0.1, 0.15) is 17.6 Å². The second-order valence-electron chi connectivity index (χ2n) is 4.23. The van der Waals surface area contributed by atoms with Crippen molar-refractivity contribution in [1.29, 1.82) is 5.26 Å². The highest BCUT2D eigenvalue weighted by atomic mass is 19.3. The normalized spacial score (nSPS) is 10.4. The average molecular weight is 326 g/mol. The van der Waals surface area contributed by atoms with E-state index in [2.05, 4.69) is 0 Å². The molecule has 5 nitrogen and oxygen atoms in total. The van der Waals surface area contributed by atoms with Crippen LogP contribution in [0.3, 0.4) is 0 Å². The lowest BCUT2D eigenvalue weighted by Crippen LogP contribution is -1.99. The first-order valence-electron chi connectivity index (χ1n) is 5.97. The average Bonchev–Trinajstić information content (AvgIpc) is 2.51. The molecule has 0 spiro atoms. The molecule has 0 saturated heterocycles. The van der Waals surface area contributed by atoms with E-state index in [-0.39, 0.29) is 5.75 Å². The highest BCUT2D eigenvalue weighted by Gasteiger charge is 2.24. The number of benzene rings is 2.